The molecule has 0 aliphatic rings. The van der Waals surface area contributed by atoms with Gasteiger partial charge in [0.05, 0.1) is 36.9 Å². The Labute approximate surface area is 143 Å². The van der Waals surface area contributed by atoms with Crippen molar-refractivity contribution >= 4 is 15.2 Å². The van der Waals surface area contributed by atoms with E-state index in [9.17, 15) is 18.9 Å². The van der Waals surface area contributed by atoms with Crippen LogP contribution in [0.25, 0.3) is 0 Å². The Bertz CT molecular complexity index is 548. The lowest BCUT2D eigenvalue weighted by Gasteiger charge is -2.14. The zero-order chi connectivity index (χ0) is 18.1. The van der Waals surface area contributed by atoms with Crippen molar-refractivity contribution in [2.45, 2.75) is 51.9 Å². The lowest BCUT2D eigenvalue weighted by molar-refractivity contribution is 0.253. The number of nitrogens with zero attached hydrogens (tertiary/aromatic N) is 1. The molecular weight excluding hydrogens is 352 g/mol. The van der Waals surface area contributed by atoms with Crippen LogP contribution < -0.4 is 0 Å². The summed E-state index contributed by atoms with van der Waals surface area (Å²) in [5.41, 5.74) is 0.701. The highest BCUT2D eigenvalue weighted by Gasteiger charge is 2.23. The van der Waals surface area contributed by atoms with Gasteiger partial charge in [0.2, 0.25) is 0 Å². The molecule has 1 aromatic heterocycles. The molecule has 0 aromatic carbocycles. The minimum absolute atomic E-state index is 0.223. The van der Waals surface area contributed by atoms with Crippen LogP contribution in [0.15, 0.2) is 18.2 Å². The Kier molecular flexibility index (Phi) is 9.35. The summed E-state index contributed by atoms with van der Waals surface area (Å²) in [6, 6.07) is 4.82. The lowest BCUT2D eigenvalue weighted by Crippen LogP contribution is -2.01. The average molecular weight is 379 g/mol. The predicted octanol–water partition coefficient (Wildman–Crippen LogP) is 4.09. The first-order chi connectivity index (χ1) is 11.3. The average Bonchev–Trinajstić information content (AvgIpc) is 2.46. The molecule has 0 amide bonds. The molecule has 0 aliphatic carbocycles. The van der Waals surface area contributed by atoms with Gasteiger partial charge in [-0.25, -0.2) is 0 Å². The van der Waals surface area contributed by atoms with E-state index in [0.29, 0.717) is 24.2 Å². The van der Waals surface area contributed by atoms with Crippen molar-refractivity contribution in [1.82, 2.24) is 4.98 Å². The van der Waals surface area contributed by atoms with E-state index >= 15 is 0 Å². The van der Waals surface area contributed by atoms with Crippen molar-refractivity contribution in [1.29, 1.82) is 0 Å². The van der Waals surface area contributed by atoms with Crippen molar-refractivity contribution in [3.63, 3.8) is 0 Å². The van der Waals surface area contributed by atoms with Crippen LogP contribution in [-0.2, 0) is 30.5 Å². The number of unbranched alkanes of at least 4 members (excludes halogenated alkanes) is 2. The quantitative estimate of drug-likeness (QED) is 0.416. The van der Waals surface area contributed by atoms with Gasteiger partial charge in [0, 0.05) is 0 Å². The van der Waals surface area contributed by atoms with Crippen LogP contribution in [0.1, 0.15) is 50.9 Å². The minimum atomic E-state index is -3.76. The lowest BCUT2D eigenvalue weighted by atomic mass is 10.3. The van der Waals surface area contributed by atoms with E-state index in [1.807, 2.05) is 13.8 Å². The Morgan fingerprint density at radius 2 is 1.33 bits per heavy atom. The summed E-state index contributed by atoms with van der Waals surface area (Å²) < 4.78 is 34.0. The van der Waals surface area contributed by atoms with Crippen molar-refractivity contribution in [2.24, 2.45) is 0 Å². The predicted molar refractivity (Wildman–Crippen MR) is 93.0 cm³/mol. The molecule has 2 N–H and O–H groups in total. The van der Waals surface area contributed by atoms with E-state index in [-0.39, 0.29) is 25.5 Å². The summed E-state index contributed by atoms with van der Waals surface area (Å²) >= 11 is 0. The topological polar surface area (TPSA) is 106 Å². The highest BCUT2D eigenvalue weighted by atomic mass is 31.2. The molecule has 0 saturated heterocycles. The first-order valence-corrected chi connectivity index (χ1v) is 11.7. The van der Waals surface area contributed by atoms with E-state index in [0.717, 1.165) is 12.8 Å². The Morgan fingerprint density at radius 3 is 1.71 bits per heavy atom. The molecule has 0 fully saturated rings. The molecule has 1 aromatic rings. The normalized spacial score (nSPS) is 16.5. The molecule has 7 nitrogen and oxygen atoms in total. The maximum atomic E-state index is 12.0. The van der Waals surface area contributed by atoms with Gasteiger partial charge in [-0.05, 0) is 25.0 Å². The van der Waals surface area contributed by atoms with Crippen LogP contribution in [0.3, 0.4) is 0 Å². The van der Waals surface area contributed by atoms with Crippen molar-refractivity contribution in [3.8, 4) is 0 Å². The standard InChI is InChI=1S/C15H27NO6P2/c1-3-5-10-21-23(17,18)12-14-8-7-9-15(16-14)13-24(19,20)22-11-6-4-2/h7-9H,3-6,10-13H2,1-2H3,(H,17,18)(H,19,20). The molecule has 0 saturated carbocycles. The van der Waals surface area contributed by atoms with Gasteiger partial charge in [-0.1, -0.05) is 32.8 Å². The second kappa shape index (κ2) is 10.4. The number of pyridine rings is 1. The largest absolute Gasteiger partial charge is 0.334 e. The van der Waals surface area contributed by atoms with Crippen LogP contribution in [0.2, 0.25) is 0 Å². The SMILES string of the molecule is CCCCOP(=O)(O)Cc1cccc(CP(=O)(O)OCCCC)n1. The summed E-state index contributed by atoms with van der Waals surface area (Å²) in [7, 11) is -7.52. The monoisotopic (exact) mass is 379 g/mol. The molecule has 138 valence electrons. The molecular formula is C15H27NO6P2. The number of hydrogen-bond acceptors (Lipinski definition) is 5. The van der Waals surface area contributed by atoms with Crippen molar-refractivity contribution < 1.29 is 28.0 Å². The first kappa shape index (κ1) is 21.5. The van der Waals surface area contributed by atoms with Gasteiger partial charge in [0.25, 0.3) is 0 Å². The van der Waals surface area contributed by atoms with Gasteiger partial charge < -0.3 is 18.8 Å². The van der Waals surface area contributed by atoms with Crippen LogP contribution in [0.5, 0.6) is 0 Å². The molecule has 0 radical (unpaired) electrons. The van der Waals surface area contributed by atoms with Crippen LogP contribution >= 0.6 is 15.2 Å². The van der Waals surface area contributed by atoms with Crippen molar-refractivity contribution in [2.75, 3.05) is 13.2 Å². The fourth-order valence-corrected chi connectivity index (χ4v) is 4.09. The summed E-state index contributed by atoms with van der Waals surface area (Å²) in [5.74, 6) is 0. The first-order valence-electron chi connectivity index (χ1n) is 8.15. The zero-order valence-corrected chi connectivity index (χ0v) is 16.0. The van der Waals surface area contributed by atoms with E-state index in [2.05, 4.69) is 4.98 Å². The zero-order valence-electron chi connectivity index (χ0n) is 14.3. The maximum Gasteiger partial charge on any atom is 0.334 e. The molecule has 0 bridgehead atoms. The fraction of sp³-hybridized carbons (Fsp3) is 0.667. The fourth-order valence-electron chi connectivity index (χ4n) is 1.91. The Balaban J connectivity index is 2.66. The smallest absolute Gasteiger partial charge is 0.324 e. The second-order valence-corrected chi connectivity index (χ2v) is 9.28. The maximum absolute atomic E-state index is 12.0. The molecule has 24 heavy (non-hydrogen) atoms. The molecule has 2 atom stereocenters. The van der Waals surface area contributed by atoms with Gasteiger partial charge in [0.15, 0.2) is 0 Å². The Hall–Kier alpha value is -0.550. The van der Waals surface area contributed by atoms with E-state index < -0.39 is 15.2 Å². The number of rotatable bonds is 12. The second-order valence-electron chi connectivity index (χ2n) is 5.58. The van der Waals surface area contributed by atoms with Crippen LogP contribution in [0.4, 0.5) is 0 Å². The molecule has 1 heterocycles. The van der Waals surface area contributed by atoms with Gasteiger partial charge in [-0.15, -0.1) is 0 Å². The van der Waals surface area contributed by atoms with Crippen molar-refractivity contribution in [3.05, 3.63) is 29.6 Å². The third-order valence-electron chi connectivity index (χ3n) is 3.17. The van der Waals surface area contributed by atoms with Crippen LogP contribution in [-0.4, -0.2) is 28.0 Å². The van der Waals surface area contributed by atoms with Gasteiger partial charge >= 0.3 is 15.2 Å². The summed E-state index contributed by atoms with van der Waals surface area (Å²) in [6.07, 6.45) is 2.71. The highest BCUT2D eigenvalue weighted by molar-refractivity contribution is 7.52. The third kappa shape index (κ3) is 9.07. The number of hydrogen-bond donors (Lipinski definition) is 2. The molecule has 9 heteroatoms. The van der Waals surface area contributed by atoms with E-state index in [1.165, 1.54) is 0 Å². The third-order valence-corrected chi connectivity index (χ3v) is 5.79. The van der Waals surface area contributed by atoms with E-state index in [4.69, 9.17) is 9.05 Å². The van der Waals surface area contributed by atoms with Gasteiger partial charge in [-0.2, -0.15) is 0 Å². The molecule has 2 unspecified atom stereocenters. The Morgan fingerprint density at radius 1 is 0.917 bits per heavy atom. The van der Waals surface area contributed by atoms with E-state index in [1.54, 1.807) is 18.2 Å². The highest BCUT2D eigenvalue weighted by Crippen LogP contribution is 2.47. The van der Waals surface area contributed by atoms with Gasteiger partial charge in [-0.3, -0.25) is 14.1 Å². The molecule has 1 rings (SSSR count). The molecule has 0 spiro atoms. The van der Waals surface area contributed by atoms with Gasteiger partial charge in [0.1, 0.15) is 0 Å². The number of aromatic nitrogens is 1. The molecule has 0 aliphatic heterocycles. The minimum Gasteiger partial charge on any atom is -0.324 e. The summed E-state index contributed by atoms with van der Waals surface area (Å²) in [5, 5.41) is 0. The summed E-state index contributed by atoms with van der Waals surface area (Å²) in [4.78, 5) is 23.8. The van der Waals surface area contributed by atoms with Crippen LogP contribution in [0, 0.1) is 0 Å². The summed E-state index contributed by atoms with van der Waals surface area (Å²) in [6.45, 7) is 4.38.